The summed E-state index contributed by atoms with van der Waals surface area (Å²) < 4.78 is 53.0. The van der Waals surface area contributed by atoms with E-state index < -0.39 is 41.2 Å². The van der Waals surface area contributed by atoms with Gasteiger partial charge in [0, 0.05) is 6.42 Å². The highest BCUT2D eigenvalue weighted by molar-refractivity contribution is 5.73. The number of hydrogen-bond acceptors (Lipinski definition) is 9. The van der Waals surface area contributed by atoms with Crippen molar-refractivity contribution in [1.82, 2.24) is 25.0 Å². The molecule has 0 spiro atoms. The summed E-state index contributed by atoms with van der Waals surface area (Å²) in [5, 5.41) is 9.08. The average molecular weight is 612 g/mol. The van der Waals surface area contributed by atoms with Gasteiger partial charge < -0.3 is 18.9 Å². The van der Waals surface area contributed by atoms with Crippen LogP contribution in [0.25, 0.3) is 11.2 Å². The lowest BCUT2D eigenvalue weighted by molar-refractivity contribution is -0.177. The Labute approximate surface area is 254 Å². The number of nitrogens with zero attached hydrogens (tertiary/aromatic N) is 5. The lowest BCUT2D eigenvalue weighted by atomic mass is 10.0. The van der Waals surface area contributed by atoms with Gasteiger partial charge in [0.2, 0.25) is 0 Å². The van der Waals surface area contributed by atoms with Crippen LogP contribution in [0.5, 0.6) is 0 Å². The first kappa shape index (κ1) is 29.6. The van der Waals surface area contributed by atoms with Crippen LogP contribution in [0.15, 0.2) is 18.2 Å². The fourth-order valence-electron chi connectivity index (χ4n) is 7.32. The van der Waals surface area contributed by atoms with Crippen molar-refractivity contribution in [2.75, 3.05) is 6.61 Å². The van der Waals surface area contributed by atoms with Gasteiger partial charge in [0.05, 0.1) is 17.8 Å². The minimum atomic E-state index is -0.824. The van der Waals surface area contributed by atoms with E-state index in [1.165, 1.54) is 12.1 Å². The van der Waals surface area contributed by atoms with Crippen LogP contribution in [-0.4, -0.2) is 67.2 Å². The standard InChI is InChI=1S/C32H39F2N5O5/c1-15-35-23(11-17-9-18(17)20-12-19(20)16-7-8-21(33)22(34)10-16)27-30(36-15)39(38-37-27)24-13-25(29-28(24)43-32(5,6)44-29)41-14-26(40)42-31(2,3)4/h7-8,10,17-20,24-25,28-29H,9,11-14H2,1-6H3. The molecule has 0 N–H and O–H groups in total. The van der Waals surface area contributed by atoms with E-state index >= 15 is 0 Å². The number of fused-ring (bicyclic) bond motifs is 2. The number of hydrogen-bond donors (Lipinski definition) is 0. The number of carbonyl (C=O) groups excluding carboxylic acids is 1. The second-order valence-electron chi connectivity index (χ2n) is 14.3. The SMILES string of the molecule is Cc1nc(CC2CC2C2CC2c2ccc(F)c(F)c2)c2nnn(C3CC(OCC(=O)OC(C)(C)C)C4OC(C)(C)OC43)c2n1. The monoisotopic (exact) mass is 611 g/mol. The van der Waals surface area contributed by atoms with E-state index in [1.54, 1.807) is 10.7 Å². The topological polar surface area (TPSA) is 110 Å². The van der Waals surface area contributed by atoms with Crippen LogP contribution in [0.4, 0.5) is 8.78 Å². The Morgan fingerprint density at radius 1 is 1.07 bits per heavy atom. The van der Waals surface area contributed by atoms with Crippen molar-refractivity contribution < 1.29 is 32.5 Å². The molecule has 7 rings (SSSR count). The average Bonchev–Trinajstić information content (AvgIpc) is 3.77. The Balaban J connectivity index is 1.07. The minimum Gasteiger partial charge on any atom is -0.458 e. The molecular formula is C32H39F2N5O5. The van der Waals surface area contributed by atoms with Gasteiger partial charge in [0.15, 0.2) is 28.6 Å². The fraction of sp³-hybridized carbons (Fsp3) is 0.656. The molecule has 8 unspecified atom stereocenters. The molecule has 1 aromatic carbocycles. The van der Waals surface area contributed by atoms with Crippen molar-refractivity contribution in [3.05, 3.63) is 46.9 Å². The number of halogens is 2. The summed E-state index contributed by atoms with van der Waals surface area (Å²) >= 11 is 0. The second-order valence-corrected chi connectivity index (χ2v) is 14.3. The van der Waals surface area contributed by atoms with Gasteiger partial charge in [0.25, 0.3) is 0 Å². The number of rotatable bonds is 8. The van der Waals surface area contributed by atoms with Gasteiger partial charge >= 0.3 is 5.97 Å². The zero-order valence-electron chi connectivity index (χ0n) is 25.9. The molecular weight excluding hydrogens is 572 g/mol. The summed E-state index contributed by atoms with van der Waals surface area (Å²) in [4.78, 5) is 21.9. The third kappa shape index (κ3) is 5.72. The highest BCUT2D eigenvalue weighted by Crippen LogP contribution is 2.62. The fourth-order valence-corrected chi connectivity index (χ4v) is 7.32. The molecule has 4 fully saturated rings. The van der Waals surface area contributed by atoms with Gasteiger partial charge in [-0.3, -0.25) is 0 Å². The normalized spacial score (nSPS) is 32.2. The van der Waals surface area contributed by atoms with E-state index in [9.17, 15) is 13.6 Å². The van der Waals surface area contributed by atoms with Crippen molar-refractivity contribution in [3.63, 3.8) is 0 Å². The summed E-state index contributed by atoms with van der Waals surface area (Å²) in [5.74, 6) is -0.470. The molecule has 0 amide bonds. The summed E-state index contributed by atoms with van der Waals surface area (Å²) in [7, 11) is 0. The molecule has 3 aromatic rings. The predicted molar refractivity (Wildman–Crippen MR) is 153 cm³/mol. The summed E-state index contributed by atoms with van der Waals surface area (Å²) in [6.45, 7) is 10.9. The molecule has 1 aliphatic heterocycles. The van der Waals surface area contributed by atoms with E-state index in [1.807, 2.05) is 41.5 Å². The van der Waals surface area contributed by atoms with Crippen LogP contribution >= 0.6 is 0 Å². The van der Waals surface area contributed by atoms with Gasteiger partial charge in [-0.05, 0) is 102 Å². The quantitative estimate of drug-likeness (QED) is 0.326. The molecule has 12 heteroatoms. The molecule has 8 atom stereocenters. The van der Waals surface area contributed by atoms with Crippen LogP contribution in [0.3, 0.4) is 0 Å². The maximum atomic E-state index is 13.8. The van der Waals surface area contributed by atoms with Gasteiger partial charge in [-0.15, -0.1) is 5.10 Å². The Morgan fingerprint density at radius 3 is 2.59 bits per heavy atom. The molecule has 4 aliphatic rings. The number of aromatic nitrogens is 5. The van der Waals surface area contributed by atoms with Gasteiger partial charge in [-0.25, -0.2) is 28.2 Å². The highest BCUT2D eigenvalue weighted by atomic mass is 19.2. The Bertz CT molecular complexity index is 1610. The van der Waals surface area contributed by atoms with Gasteiger partial charge in [0.1, 0.15) is 30.2 Å². The van der Waals surface area contributed by atoms with Crippen molar-refractivity contribution >= 4 is 17.1 Å². The molecule has 44 heavy (non-hydrogen) atoms. The minimum absolute atomic E-state index is 0.189. The lowest BCUT2D eigenvalue weighted by Gasteiger charge is -2.24. The Morgan fingerprint density at radius 2 is 1.84 bits per heavy atom. The number of esters is 1. The predicted octanol–water partition coefficient (Wildman–Crippen LogP) is 4.98. The van der Waals surface area contributed by atoms with Crippen molar-refractivity contribution in [1.29, 1.82) is 0 Å². The molecule has 3 heterocycles. The van der Waals surface area contributed by atoms with Crippen molar-refractivity contribution in [3.8, 4) is 0 Å². The highest BCUT2D eigenvalue weighted by Gasteiger charge is 2.57. The van der Waals surface area contributed by atoms with Crippen molar-refractivity contribution in [2.45, 2.75) is 109 Å². The first-order chi connectivity index (χ1) is 20.8. The van der Waals surface area contributed by atoms with E-state index in [4.69, 9.17) is 28.9 Å². The van der Waals surface area contributed by atoms with Crippen LogP contribution in [-0.2, 0) is 30.2 Å². The zero-order valence-corrected chi connectivity index (χ0v) is 25.9. The third-order valence-corrected chi connectivity index (χ3v) is 9.23. The number of benzene rings is 1. The molecule has 2 aromatic heterocycles. The zero-order chi connectivity index (χ0) is 31.1. The lowest BCUT2D eigenvalue weighted by Crippen LogP contribution is -2.34. The molecule has 0 radical (unpaired) electrons. The summed E-state index contributed by atoms with van der Waals surface area (Å²) in [6.07, 6.45) is 2.17. The van der Waals surface area contributed by atoms with E-state index in [0.29, 0.717) is 41.2 Å². The van der Waals surface area contributed by atoms with E-state index in [0.717, 1.165) is 30.5 Å². The molecule has 3 saturated carbocycles. The van der Waals surface area contributed by atoms with Crippen molar-refractivity contribution in [2.24, 2.45) is 17.8 Å². The third-order valence-electron chi connectivity index (χ3n) is 9.23. The van der Waals surface area contributed by atoms with Crippen LogP contribution < -0.4 is 0 Å². The van der Waals surface area contributed by atoms with Gasteiger partial charge in [-0.2, -0.15) is 0 Å². The number of carbonyl (C=O) groups is 1. The molecule has 0 bridgehead atoms. The largest absolute Gasteiger partial charge is 0.458 e. The van der Waals surface area contributed by atoms with Crippen LogP contribution in [0.2, 0.25) is 0 Å². The first-order valence-corrected chi connectivity index (χ1v) is 15.5. The smallest absolute Gasteiger partial charge is 0.332 e. The molecule has 10 nitrogen and oxygen atoms in total. The summed E-state index contributed by atoms with van der Waals surface area (Å²) in [6, 6.07) is 4.00. The Hall–Kier alpha value is -3.09. The first-order valence-electron chi connectivity index (χ1n) is 15.5. The molecule has 236 valence electrons. The molecule has 3 aliphatic carbocycles. The summed E-state index contributed by atoms with van der Waals surface area (Å²) in [5.41, 5.74) is 2.45. The number of aryl methyl sites for hydroxylation is 1. The maximum absolute atomic E-state index is 13.8. The second kappa shape index (κ2) is 10.5. The van der Waals surface area contributed by atoms with E-state index in [2.05, 4.69) is 10.3 Å². The van der Waals surface area contributed by atoms with Gasteiger partial charge in [-0.1, -0.05) is 11.3 Å². The van der Waals surface area contributed by atoms with E-state index in [-0.39, 0.29) is 24.7 Å². The number of ether oxygens (including phenoxy) is 4. The maximum Gasteiger partial charge on any atom is 0.332 e. The molecule has 1 saturated heterocycles. The Kier molecular flexibility index (Phi) is 7.06. The van der Waals surface area contributed by atoms with Crippen LogP contribution in [0, 0.1) is 36.3 Å². The van der Waals surface area contributed by atoms with Crippen LogP contribution in [0.1, 0.15) is 82.9 Å².